The van der Waals surface area contributed by atoms with Crippen molar-refractivity contribution >= 4 is 5.97 Å². The minimum atomic E-state index is -1.61. The summed E-state index contributed by atoms with van der Waals surface area (Å²) >= 11 is 0. The van der Waals surface area contributed by atoms with E-state index < -0.39 is 11.6 Å². The number of aliphatic hydroxyl groups is 1. The molecule has 0 radical (unpaired) electrons. The van der Waals surface area contributed by atoms with E-state index in [0.717, 1.165) is 6.42 Å². The first-order valence-corrected chi connectivity index (χ1v) is 6.00. The number of carboxylic acid groups (broad SMARTS) is 1. The summed E-state index contributed by atoms with van der Waals surface area (Å²) in [6.45, 7) is 6.07. The number of ether oxygens (including phenoxy) is 1. The molecule has 0 aliphatic carbocycles. The van der Waals surface area contributed by atoms with Gasteiger partial charge in [0.1, 0.15) is 0 Å². The Labute approximate surface area is 96.6 Å². The van der Waals surface area contributed by atoms with Gasteiger partial charge >= 0.3 is 5.97 Å². The number of carbonyl (C=O) groups is 1. The molecule has 1 fully saturated rings. The van der Waals surface area contributed by atoms with Gasteiger partial charge in [-0.2, -0.15) is 0 Å². The zero-order valence-corrected chi connectivity index (χ0v) is 10.3. The lowest BCUT2D eigenvalue weighted by molar-refractivity contribution is -0.179. The van der Waals surface area contributed by atoms with E-state index in [-0.39, 0.29) is 17.9 Å². The summed E-state index contributed by atoms with van der Waals surface area (Å²) in [6, 6.07) is 0. The topological polar surface area (TPSA) is 66.8 Å². The number of hydrogen-bond acceptors (Lipinski definition) is 3. The Kier molecular flexibility index (Phi) is 4.33. The minimum absolute atomic E-state index is 0.0865. The smallest absolute Gasteiger partial charge is 0.336 e. The minimum Gasteiger partial charge on any atom is -0.479 e. The summed E-state index contributed by atoms with van der Waals surface area (Å²) in [6.07, 6.45) is 2.21. The molecule has 3 unspecified atom stereocenters. The fourth-order valence-corrected chi connectivity index (χ4v) is 2.46. The summed E-state index contributed by atoms with van der Waals surface area (Å²) in [4.78, 5) is 11.3. The van der Waals surface area contributed by atoms with Crippen LogP contribution in [0.2, 0.25) is 0 Å². The molecule has 0 spiro atoms. The van der Waals surface area contributed by atoms with Crippen molar-refractivity contribution in [1.82, 2.24) is 0 Å². The van der Waals surface area contributed by atoms with E-state index in [4.69, 9.17) is 4.74 Å². The molecule has 3 atom stereocenters. The summed E-state index contributed by atoms with van der Waals surface area (Å²) < 4.78 is 5.51. The number of aliphatic carboxylic acids is 1. The molecule has 1 aliphatic rings. The third-order valence-electron chi connectivity index (χ3n) is 3.67. The van der Waals surface area contributed by atoms with Crippen LogP contribution in [-0.2, 0) is 9.53 Å². The molecule has 1 heterocycles. The van der Waals surface area contributed by atoms with E-state index >= 15 is 0 Å². The highest BCUT2D eigenvalue weighted by Gasteiger charge is 2.48. The highest BCUT2D eigenvalue weighted by molar-refractivity contribution is 5.78. The van der Waals surface area contributed by atoms with Crippen molar-refractivity contribution < 1.29 is 19.7 Å². The lowest BCUT2D eigenvalue weighted by Crippen LogP contribution is -2.53. The molecule has 16 heavy (non-hydrogen) atoms. The lowest BCUT2D eigenvalue weighted by atomic mass is 9.73. The van der Waals surface area contributed by atoms with Gasteiger partial charge in [0.15, 0.2) is 5.60 Å². The molecule has 94 valence electrons. The van der Waals surface area contributed by atoms with E-state index in [1.165, 1.54) is 0 Å². The van der Waals surface area contributed by atoms with Crippen molar-refractivity contribution in [2.45, 2.75) is 51.7 Å². The summed E-state index contributed by atoms with van der Waals surface area (Å²) in [5.74, 6) is -1.60. The Hall–Kier alpha value is -0.610. The highest BCUT2D eigenvalue weighted by Crippen LogP contribution is 2.36. The van der Waals surface area contributed by atoms with Crippen molar-refractivity contribution in [3.8, 4) is 0 Å². The predicted molar refractivity (Wildman–Crippen MR) is 60.2 cm³/mol. The molecule has 1 aliphatic heterocycles. The molecule has 1 rings (SSSR count). The van der Waals surface area contributed by atoms with Crippen LogP contribution in [0.3, 0.4) is 0 Å². The summed E-state index contributed by atoms with van der Waals surface area (Å²) in [7, 11) is 0. The van der Waals surface area contributed by atoms with Crippen molar-refractivity contribution in [1.29, 1.82) is 0 Å². The zero-order valence-electron chi connectivity index (χ0n) is 10.3. The Morgan fingerprint density at radius 3 is 2.62 bits per heavy atom. The second-order valence-electron chi connectivity index (χ2n) is 4.91. The summed E-state index contributed by atoms with van der Waals surface area (Å²) in [5, 5.41) is 19.6. The van der Waals surface area contributed by atoms with Gasteiger partial charge in [-0.1, -0.05) is 20.8 Å². The van der Waals surface area contributed by atoms with E-state index in [1.807, 2.05) is 6.92 Å². The second kappa shape index (κ2) is 5.15. The van der Waals surface area contributed by atoms with Gasteiger partial charge in [0.2, 0.25) is 0 Å². The van der Waals surface area contributed by atoms with Crippen LogP contribution >= 0.6 is 0 Å². The van der Waals surface area contributed by atoms with Crippen LogP contribution in [-0.4, -0.2) is 34.5 Å². The van der Waals surface area contributed by atoms with Crippen LogP contribution < -0.4 is 0 Å². The molecule has 0 saturated carbocycles. The number of rotatable bonds is 4. The van der Waals surface area contributed by atoms with Gasteiger partial charge in [0.05, 0.1) is 6.10 Å². The molecule has 0 bridgehead atoms. The average molecular weight is 230 g/mol. The van der Waals surface area contributed by atoms with Crippen LogP contribution in [0, 0.1) is 11.8 Å². The van der Waals surface area contributed by atoms with Crippen molar-refractivity contribution in [2.75, 3.05) is 6.61 Å². The third kappa shape index (κ3) is 2.38. The van der Waals surface area contributed by atoms with Crippen LogP contribution in [0.5, 0.6) is 0 Å². The maximum atomic E-state index is 11.3. The first-order chi connectivity index (χ1) is 7.42. The van der Waals surface area contributed by atoms with Crippen molar-refractivity contribution in [3.05, 3.63) is 0 Å². The van der Waals surface area contributed by atoms with Crippen LogP contribution in [0.4, 0.5) is 0 Å². The predicted octanol–water partition coefficient (Wildman–Crippen LogP) is 1.66. The summed E-state index contributed by atoms with van der Waals surface area (Å²) in [5.41, 5.74) is -1.61. The molecule has 0 aromatic heterocycles. The van der Waals surface area contributed by atoms with Gasteiger partial charge in [0.25, 0.3) is 0 Å². The Morgan fingerprint density at radius 1 is 1.56 bits per heavy atom. The molecule has 1 saturated heterocycles. The van der Waals surface area contributed by atoms with Gasteiger partial charge in [0, 0.05) is 12.5 Å². The third-order valence-corrected chi connectivity index (χ3v) is 3.67. The van der Waals surface area contributed by atoms with Crippen LogP contribution in [0.1, 0.15) is 40.0 Å². The quantitative estimate of drug-likeness (QED) is 0.771. The van der Waals surface area contributed by atoms with E-state index in [2.05, 4.69) is 0 Å². The molecule has 4 nitrogen and oxygen atoms in total. The lowest BCUT2D eigenvalue weighted by Gasteiger charge is -2.40. The second-order valence-corrected chi connectivity index (χ2v) is 4.91. The molecule has 2 N–H and O–H groups in total. The normalized spacial score (nSPS) is 30.1. The fourth-order valence-electron chi connectivity index (χ4n) is 2.46. The van der Waals surface area contributed by atoms with Crippen molar-refractivity contribution in [2.24, 2.45) is 11.8 Å². The number of carboxylic acids is 1. The van der Waals surface area contributed by atoms with E-state index in [0.29, 0.717) is 19.4 Å². The van der Waals surface area contributed by atoms with E-state index in [9.17, 15) is 15.0 Å². The molecule has 0 amide bonds. The van der Waals surface area contributed by atoms with Gasteiger partial charge in [-0.3, -0.25) is 0 Å². The van der Waals surface area contributed by atoms with Gasteiger partial charge in [-0.15, -0.1) is 0 Å². The van der Waals surface area contributed by atoms with Crippen molar-refractivity contribution in [3.63, 3.8) is 0 Å². The molecule has 0 aromatic rings. The zero-order chi connectivity index (χ0) is 12.3. The maximum Gasteiger partial charge on any atom is 0.336 e. The molecule has 0 aromatic carbocycles. The first kappa shape index (κ1) is 13.5. The van der Waals surface area contributed by atoms with E-state index in [1.54, 1.807) is 13.8 Å². The molecule has 4 heteroatoms. The molecular formula is C12H22O4. The van der Waals surface area contributed by atoms with Crippen LogP contribution in [0.15, 0.2) is 0 Å². The fraction of sp³-hybridized carbons (Fsp3) is 0.917. The largest absolute Gasteiger partial charge is 0.479 e. The Bertz CT molecular complexity index is 251. The average Bonchev–Trinajstić information content (AvgIpc) is 2.27. The maximum absolute atomic E-state index is 11.3. The van der Waals surface area contributed by atoms with Gasteiger partial charge in [-0.05, 0) is 25.2 Å². The van der Waals surface area contributed by atoms with Gasteiger partial charge < -0.3 is 14.9 Å². The molecular weight excluding hydrogens is 208 g/mol. The van der Waals surface area contributed by atoms with Gasteiger partial charge in [-0.25, -0.2) is 4.79 Å². The SMILES string of the molecule is CCC1CC(C(O)(C(=O)O)C(C)C)CCO1. The Balaban J connectivity index is 2.83. The monoisotopic (exact) mass is 230 g/mol. The standard InChI is InChI=1S/C12H22O4/c1-4-10-7-9(5-6-16-10)12(15,8(2)3)11(13)14/h8-10,15H,4-7H2,1-3H3,(H,13,14). The van der Waals surface area contributed by atoms with Crippen LogP contribution in [0.25, 0.3) is 0 Å². The highest BCUT2D eigenvalue weighted by atomic mass is 16.5. The first-order valence-electron chi connectivity index (χ1n) is 6.00. The Morgan fingerprint density at radius 2 is 2.19 bits per heavy atom. The number of hydrogen-bond donors (Lipinski definition) is 2.